The number of carbonyl (C=O) groups excluding carboxylic acids is 3. The highest BCUT2D eigenvalue weighted by Gasteiger charge is 2.43. The molecule has 5 rings (SSSR count). The normalized spacial score (nSPS) is 20.1. The lowest BCUT2D eigenvalue weighted by atomic mass is 9.98. The molecule has 1 unspecified atom stereocenters. The molecule has 10 heteroatoms. The van der Waals surface area contributed by atoms with Gasteiger partial charge in [0.15, 0.2) is 0 Å². The van der Waals surface area contributed by atoms with Gasteiger partial charge < -0.3 is 20.9 Å². The van der Waals surface area contributed by atoms with Gasteiger partial charge in [0, 0.05) is 45.2 Å². The van der Waals surface area contributed by atoms with Gasteiger partial charge in [0.2, 0.25) is 12.3 Å². The lowest BCUT2D eigenvalue weighted by molar-refractivity contribution is -0.166. The number of hydrazine groups is 1. The third-order valence-corrected chi connectivity index (χ3v) is 8.37. The summed E-state index contributed by atoms with van der Waals surface area (Å²) in [5, 5.41) is 8.30. The average molecular weight is 599 g/mol. The molecule has 1 aliphatic carbocycles. The van der Waals surface area contributed by atoms with Gasteiger partial charge in [-0.05, 0) is 46.5 Å². The first kappa shape index (κ1) is 30.7. The van der Waals surface area contributed by atoms with E-state index < -0.39 is 18.4 Å². The van der Waals surface area contributed by atoms with Gasteiger partial charge >= 0.3 is 6.03 Å². The molecule has 9 nitrogen and oxygen atoms in total. The molecular weight excluding hydrogens is 559 g/mol. The Hall–Kier alpha value is -4.70. The van der Waals surface area contributed by atoms with E-state index in [9.17, 15) is 18.8 Å². The second-order valence-electron chi connectivity index (χ2n) is 11.2. The summed E-state index contributed by atoms with van der Waals surface area (Å²) in [6.45, 7) is 2.98. The van der Waals surface area contributed by atoms with Crippen LogP contribution in [-0.4, -0.2) is 83.2 Å². The number of hydrogen-bond acceptors (Lipinski definition) is 5. The fraction of sp³-hybridized carbons (Fsp3) is 0.324. The topological polar surface area (TPSA) is 102 Å². The predicted octanol–water partition coefficient (Wildman–Crippen LogP) is 4.26. The summed E-state index contributed by atoms with van der Waals surface area (Å²) >= 11 is 0. The molecular formula is C34H39FN6O3. The van der Waals surface area contributed by atoms with Crippen molar-refractivity contribution < 1.29 is 18.8 Å². The molecule has 4 amide bonds. The highest BCUT2D eigenvalue weighted by atomic mass is 19.1. The Bertz CT molecular complexity index is 1550. The van der Waals surface area contributed by atoms with E-state index in [1.54, 1.807) is 41.2 Å². The molecule has 0 saturated carbocycles. The highest BCUT2D eigenvalue weighted by Crippen LogP contribution is 2.27. The molecule has 3 aromatic rings. The number of nitrogens with one attached hydrogen (secondary N) is 1. The van der Waals surface area contributed by atoms with Crippen molar-refractivity contribution >= 4 is 34.8 Å². The number of alkyl halides is 1. The van der Waals surface area contributed by atoms with E-state index in [4.69, 9.17) is 5.73 Å². The summed E-state index contributed by atoms with van der Waals surface area (Å²) in [5.74, 6) is -0.166. The Morgan fingerprint density at radius 2 is 1.86 bits per heavy atom. The summed E-state index contributed by atoms with van der Waals surface area (Å²) in [4.78, 5) is 43.5. The molecule has 3 aromatic carbocycles. The zero-order valence-electron chi connectivity index (χ0n) is 25.1. The number of hydrogen-bond donors (Lipinski definition) is 2. The number of urea groups is 1. The van der Waals surface area contributed by atoms with Gasteiger partial charge in [-0.15, -0.1) is 0 Å². The van der Waals surface area contributed by atoms with Gasteiger partial charge in [0.1, 0.15) is 18.4 Å². The molecule has 0 spiro atoms. The number of rotatable bonds is 10. The van der Waals surface area contributed by atoms with Crippen LogP contribution < -0.4 is 11.1 Å². The number of carbonyl (C=O) groups is 3. The second-order valence-corrected chi connectivity index (χ2v) is 11.2. The number of fused-ring (bicyclic) bond motifs is 1. The van der Waals surface area contributed by atoms with Crippen LogP contribution in [0.3, 0.4) is 0 Å². The van der Waals surface area contributed by atoms with Crippen molar-refractivity contribution in [3.63, 3.8) is 0 Å². The highest BCUT2D eigenvalue weighted by molar-refractivity contribution is 5.88. The number of piperazine rings is 1. The van der Waals surface area contributed by atoms with E-state index >= 15 is 0 Å². The Morgan fingerprint density at radius 3 is 2.57 bits per heavy atom. The van der Waals surface area contributed by atoms with E-state index in [0.29, 0.717) is 31.6 Å². The van der Waals surface area contributed by atoms with E-state index in [1.165, 1.54) is 16.0 Å². The Morgan fingerprint density at radius 1 is 1.11 bits per heavy atom. The largest absolute Gasteiger partial charge is 0.399 e. The van der Waals surface area contributed by atoms with Crippen LogP contribution in [0.5, 0.6) is 0 Å². The van der Waals surface area contributed by atoms with Crippen LogP contribution >= 0.6 is 0 Å². The number of amides is 4. The number of anilines is 1. The minimum absolute atomic E-state index is 0.166. The first-order valence-electron chi connectivity index (χ1n) is 14.9. The Balaban J connectivity index is 1.42. The maximum atomic E-state index is 14.1. The third kappa shape index (κ3) is 6.75. The summed E-state index contributed by atoms with van der Waals surface area (Å²) in [6.07, 6.45) is 4.60. The van der Waals surface area contributed by atoms with Gasteiger partial charge in [0.05, 0.1) is 6.54 Å². The van der Waals surface area contributed by atoms with Gasteiger partial charge in [0.25, 0.3) is 0 Å². The monoisotopic (exact) mass is 598 g/mol. The van der Waals surface area contributed by atoms with E-state index in [-0.39, 0.29) is 31.4 Å². The Labute approximate surface area is 257 Å². The molecule has 1 saturated heterocycles. The van der Waals surface area contributed by atoms with E-state index in [2.05, 4.69) is 5.32 Å². The second kappa shape index (κ2) is 13.7. The number of nitrogens with zero attached hydrogens (tertiary/aromatic N) is 4. The van der Waals surface area contributed by atoms with Gasteiger partial charge in [-0.25, -0.2) is 9.18 Å². The van der Waals surface area contributed by atoms with E-state index in [0.717, 1.165) is 27.5 Å². The van der Waals surface area contributed by atoms with Crippen LogP contribution in [0.2, 0.25) is 0 Å². The third-order valence-electron chi connectivity index (χ3n) is 8.37. The number of halogens is 1. The summed E-state index contributed by atoms with van der Waals surface area (Å²) in [5.41, 5.74) is 9.20. The molecule has 0 bridgehead atoms. The van der Waals surface area contributed by atoms with Crippen LogP contribution in [0, 0.1) is 0 Å². The molecule has 1 aliphatic heterocycles. The first-order chi connectivity index (χ1) is 21.3. The van der Waals surface area contributed by atoms with Crippen LogP contribution in [0.4, 0.5) is 14.9 Å². The Kier molecular flexibility index (Phi) is 9.59. The number of allylic oxidation sites excluding steroid dienone is 2. The SMILES string of the molecule is CCN(C(=O)NCC1=CCC(F)C=C1)N(C)[C@H]1CN(Cc2cccc3ccccc23)C(=O)[C@H](Cc2ccc(N)cc2)N1C=O. The maximum Gasteiger partial charge on any atom is 0.332 e. The molecule has 230 valence electrons. The molecule has 3 N–H and O–H groups in total. The van der Waals surface area contributed by atoms with Crippen molar-refractivity contribution in [2.75, 3.05) is 32.4 Å². The molecule has 44 heavy (non-hydrogen) atoms. The van der Waals surface area contributed by atoms with Crippen molar-refractivity contribution in [3.8, 4) is 0 Å². The van der Waals surface area contributed by atoms with Crippen molar-refractivity contribution in [3.05, 3.63) is 102 Å². The summed E-state index contributed by atoms with van der Waals surface area (Å²) < 4.78 is 13.5. The quantitative estimate of drug-likeness (QED) is 0.206. The lowest BCUT2D eigenvalue weighted by Gasteiger charge is -2.49. The van der Waals surface area contributed by atoms with Crippen molar-refractivity contribution in [2.24, 2.45) is 0 Å². The summed E-state index contributed by atoms with van der Waals surface area (Å²) in [6, 6.07) is 20.2. The number of nitrogens with two attached hydrogens (primary N) is 1. The zero-order valence-corrected chi connectivity index (χ0v) is 25.1. The molecule has 0 radical (unpaired) electrons. The number of nitrogen functional groups attached to an aromatic ring is 1. The van der Waals surface area contributed by atoms with Crippen molar-refractivity contribution in [1.82, 2.24) is 25.1 Å². The molecule has 0 aromatic heterocycles. The van der Waals surface area contributed by atoms with Gasteiger partial charge in [-0.1, -0.05) is 72.8 Å². The van der Waals surface area contributed by atoms with E-state index in [1.807, 2.05) is 61.5 Å². The van der Waals surface area contributed by atoms with Crippen LogP contribution in [0.25, 0.3) is 10.8 Å². The van der Waals surface area contributed by atoms with Crippen molar-refractivity contribution in [1.29, 1.82) is 0 Å². The average Bonchev–Trinajstić information content (AvgIpc) is 3.04. The predicted molar refractivity (Wildman–Crippen MR) is 170 cm³/mol. The molecule has 2 aliphatic rings. The van der Waals surface area contributed by atoms with Crippen molar-refractivity contribution in [2.45, 2.75) is 44.7 Å². The molecule has 1 heterocycles. The fourth-order valence-electron chi connectivity index (χ4n) is 5.94. The number of likely N-dealkylation sites (N-methyl/N-ethyl adjacent to an activating group) is 1. The standard InChI is InChI=1S/C34H39FN6O3/c1-3-41(34(44)37-20-25-11-15-28(35)16-12-25)38(2)32-22-39(21-27-9-6-8-26-7-4-5-10-30(26)27)33(43)31(40(32)23-42)19-24-13-17-29(36)18-14-24/h4-15,17-18,23,28,31-32H,3,16,19-22,36H2,1-2H3,(H,37,44)/t28?,31-,32+/m0/s1. The van der Waals surface area contributed by atoms with Crippen LogP contribution in [0.15, 0.2) is 90.5 Å². The number of benzene rings is 3. The first-order valence-corrected chi connectivity index (χ1v) is 14.9. The van der Waals surface area contributed by atoms with Crippen LogP contribution in [-0.2, 0) is 22.6 Å². The zero-order chi connectivity index (χ0) is 31.2. The summed E-state index contributed by atoms with van der Waals surface area (Å²) in [7, 11) is 1.75. The molecule has 3 atom stereocenters. The minimum atomic E-state index is -1.01. The maximum absolute atomic E-state index is 14.1. The minimum Gasteiger partial charge on any atom is -0.399 e. The smallest absolute Gasteiger partial charge is 0.332 e. The van der Waals surface area contributed by atoms with Crippen LogP contribution in [0.1, 0.15) is 24.5 Å². The van der Waals surface area contributed by atoms with Gasteiger partial charge in [-0.2, -0.15) is 5.01 Å². The lowest BCUT2D eigenvalue weighted by Crippen LogP contribution is -2.69. The fourth-order valence-corrected chi connectivity index (χ4v) is 5.94. The molecule has 1 fully saturated rings. The van der Waals surface area contributed by atoms with Gasteiger partial charge in [-0.3, -0.25) is 14.6 Å².